The minimum atomic E-state index is -0.742. The number of halogens is 2. The first-order chi connectivity index (χ1) is 22.4. The van der Waals surface area contributed by atoms with Crippen LogP contribution in [0.4, 0.5) is 5.82 Å². The number of hydrogen-bond acceptors (Lipinski definition) is 8. The lowest BCUT2D eigenvalue weighted by atomic mass is 10.0. The number of allylic oxidation sites excluding steroid dienone is 1. The SMILES string of the molecule is CCCC(CCO)N=C(C)N=CC(Cl)=C(N)c1ccc2c(c1)C(=O)N([C@H](C)C(=O)N[C@H](C)c1nc(N3CCN(C)CC3)ccc1Cl)C2. The molecule has 2 aliphatic heterocycles. The maximum Gasteiger partial charge on any atom is 0.255 e. The molecule has 1 aromatic heterocycles. The number of carbonyl (C=O) groups is 2. The Morgan fingerprint density at radius 2 is 1.89 bits per heavy atom. The van der Waals surface area contributed by atoms with Crippen molar-refractivity contribution < 1.29 is 14.7 Å². The first-order valence-electron chi connectivity index (χ1n) is 16.1. The van der Waals surface area contributed by atoms with E-state index in [2.05, 4.69) is 39.1 Å². The van der Waals surface area contributed by atoms with Crippen LogP contribution < -0.4 is 16.0 Å². The predicted octanol–water partition coefficient (Wildman–Crippen LogP) is 4.61. The summed E-state index contributed by atoms with van der Waals surface area (Å²) >= 11 is 13.0. The monoisotopic (exact) mass is 684 g/mol. The fraction of sp³-hybridized carbons (Fsp3) is 0.500. The molecule has 0 radical (unpaired) electrons. The highest BCUT2D eigenvalue weighted by Crippen LogP contribution is 2.29. The van der Waals surface area contributed by atoms with Crippen molar-refractivity contribution in [3.8, 4) is 0 Å². The number of aromatic nitrogens is 1. The number of anilines is 1. The van der Waals surface area contributed by atoms with Crippen molar-refractivity contribution in [2.45, 2.75) is 71.6 Å². The molecule has 47 heavy (non-hydrogen) atoms. The van der Waals surface area contributed by atoms with Crippen molar-refractivity contribution in [1.82, 2.24) is 20.1 Å². The molecule has 13 heteroatoms. The maximum absolute atomic E-state index is 13.5. The Labute approximate surface area is 287 Å². The van der Waals surface area contributed by atoms with Gasteiger partial charge in [-0.25, -0.2) is 9.98 Å². The molecule has 1 saturated heterocycles. The van der Waals surface area contributed by atoms with Crippen molar-refractivity contribution in [2.75, 3.05) is 44.7 Å². The molecule has 0 aliphatic carbocycles. The standard InChI is InChI=1S/C34H46Cl2N8O3/c1-6-7-26(12-17-45)40-23(4)38-19-29(36)31(37)24-8-9-25-20-44(34(47)27(25)18-24)22(3)33(46)39-21(2)32-28(35)10-11-30(41-32)43-15-13-42(5)14-16-43/h8-11,18-19,21-22,26,45H,6-7,12-17,20,37H2,1-5H3,(H,39,46)/t21-,22-,26?/m1/s1. The second kappa shape index (κ2) is 16.5. The molecular formula is C34H46Cl2N8O3. The van der Waals surface area contributed by atoms with Gasteiger partial charge < -0.3 is 30.9 Å². The molecule has 3 heterocycles. The van der Waals surface area contributed by atoms with Gasteiger partial charge in [0.05, 0.1) is 33.5 Å². The topological polar surface area (TPSA) is 140 Å². The number of aliphatic hydroxyl groups excluding tert-OH is 1. The number of amidine groups is 1. The van der Waals surface area contributed by atoms with Crippen LogP contribution >= 0.6 is 23.2 Å². The quantitative estimate of drug-likeness (QED) is 0.219. The van der Waals surface area contributed by atoms with Crippen LogP contribution in [0.5, 0.6) is 0 Å². The Hall–Kier alpha value is -3.51. The van der Waals surface area contributed by atoms with Crippen LogP contribution in [0.25, 0.3) is 5.70 Å². The number of amides is 2. The van der Waals surface area contributed by atoms with E-state index in [0.717, 1.165) is 50.4 Å². The van der Waals surface area contributed by atoms with E-state index in [0.29, 0.717) is 34.1 Å². The Bertz CT molecular complexity index is 1530. The van der Waals surface area contributed by atoms with Crippen LogP contribution in [0.15, 0.2) is 45.3 Å². The second-order valence-electron chi connectivity index (χ2n) is 12.2. The fourth-order valence-electron chi connectivity index (χ4n) is 5.72. The number of benzene rings is 1. The number of likely N-dealkylation sites (N-methyl/N-ethyl adjacent to an activating group) is 1. The minimum Gasteiger partial charge on any atom is -0.397 e. The van der Waals surface area contributed by atoms with Crippen molar-refractivity contribution in [2.24, 2.45) is 15.7 Å². The van der Waals surface area contributed by atoms with Gasteiger partial charge >= 0.3 is 0 Å². The van der Waals surface area contributed by atoms with Gasteiger partial charge in [0.25, 0.3) is 5.91 Å². The van der Waals surface area contributed by atoms with Crippen molar-refractivity contribution in [3.05, 3.63) is 62.8 Å². The number of hydrogen-bond donors (Lipinski definition) is 3. The van der Waals surface area contributed by atoms with E-state index < -0.39 is 12.1 Å². The average Bonchev–Trinajstić information content (AvgIpc) is 3.38. The molecule has 4 rings (SSSR count). The largest absolute Gasteiger partial charge is 0.397 e. The lowest BCUT2D eigenvalue weighted by Crippen LogP contribution is -2.46. The summed E-state index contributed by atoms with van der Waals surface area (Å²) in [6.07, 6.45) is 3.82. The number of pyridine rings is 1. The lowest BCUT2D eigenvalue weighted by Gasteiger charge is -2.33. The van der Waals surface area contributed by atoms with Gasteiger partial charge in [-0.2, -0.15) is 0 Å². The highest BCUT2D eigenvalue weighted by molar-refractivity contribution is 6.42. The number of nitrogens with zero attached hydrogens (tertiary/aromatic N) is 6. The summed E-state index contributed by atoms with van der Waals surface area (Å²) in [5.41, 5.74) is 9.04. The molecule has 1 fully saturated rings. The van der Waals surface area contributed by atoms with Gasteiger partial charge in [-0.05, 0) is 70.0 Å². The fourth-order valence-corrected chi connectivity index (χ4v) is 6.15. The second-order valence-corrected chi connectivity index (χ2v) is 13.0. The van der Waals surface area contributed by atoms with Gasteiger partial charge in [-0.15, -0.1) is 0 Å². The smallest absolute Gasteiger partial charge is 0.255 e. The van der Waals surface area contributed by atoms with E-state index in [1.165, 1.54) is 11.1 Å². The van der Waals surface area contributed by atoms with Gasteiger partial charge in [0.1, 0.15) is 17.7 Å². The third-order valence-electron chi connectivity index (χ3n) is 8.63. The number of aliphatic hydroxyl groups is 1. The highest BCUT2D eigenvalue weighted by Gasteiger charge is 2.35. The predicted molar refractivity (Wildman–Crippen MR) is 190 cm³/mol. The van der Waals surface area contributed by atoms with Gasteiger partial charge in [0.15, 0.2) is 0 Å². The number of carbonyl (C=O) groups excluding carboxylic acids is 2. The van der Waals surface area contributed by atoms with Crippen molar-refractivity contribution in [3.63, 3.8) is 0 Å². The summed E-state index contributed by atoms with van der Waals surface area (Å²) in [5, 5.41) is 13.0. The molecule has 11 nitrogen and oxygen atoms in total. The molecule has 254 valence electrons. The van der Waals surface area contributed by atoms with Crippen LogP contribution in [-0.2, 0) is 11.3 Å². The first kappa shape index (κ1) is 36.3. The van der Waals surface area contributed by atoms with Gasteiger partial charge in [-0.1, -0.05) is 48.7 Å². The minimum absolute atomic E-state index is 0.00608. The van der Waals surface area contributed by atoms with E-state index in [9.17, 15) is 14.7 Å². The van der Waals surface area contributed by atoms with E-state index >= 15 is 0 Å². The highest BCUT2D eigenvalue weighted by atomic mass is 35.5. The zero-order valence-electron chi connectivity index (χ0n) is 27.8. The molecule has 0 bridgehead atoms. The summed E-state index contributed by atoms with van der Waals surface area (Å²) in [5.74, 6) is 0.786. The van der Waals surface area contributed by atoms with Gasteiger partial charge in [-0.3, -0.25) is 14.6 Å². The van der Waals surface area contributed by atoms with E-state index in [-0.39, 0.29) is 41.7 Å². The van der Waals surface area contributed by atoms with Gasteiger partial charge in [0, 0.05) is 51.1 Å². The summed E-state index contributed by atoms with van der Waals surface area (Å²) in [7, 11) is 2.10. The molecule has 2 aromatic rings. The zero-order valence-corrected chi connectivity index (χ0v) is 29.4. The van der Waals surface area contributed by atoms with Gasteiger partial charge in [0.2, 0.25) is 5.91 Å². The van der Waals surface area contributed by atoms with Crippen LogP contribution in [0.2, 0.25) is 5.02 Å². The van der Waals surface area contributed by atoms with E-state index in [1.54, 1.807) is 26.0 Å². The number of fused-ring (bicyclic) bond motifs is 1. The number of nitrogens with two attached hydrogens (primary N) is 1. The summed E-state index contributed by atoms with van der Waals surface area (Å²) in [4.78, 5) is 46.6. The average molecular weight is 686 g/mol. The summed E-state index contributed by atoms with van der Waals surface area (Å²) in [6.45, 7) is 11.4. The Kier molecular flexibility index (Phi) is 12.8. The molecule has 1 aromatic carbocycles. The molecular weight excluding hydrogens is 639 g/mol. The third-order valence-corrected chi connectivity index (χ3v) is 9.25. The zero-order chi connectivity index (χ0) is 34.2. The van der Waals surface area contributed by atoms with Crippen LogP contribution in [0.3, 0.4) is 0 Å². The molecule has 2 amide bonds. The Morgan fingerprint density at radius 1 is 1.17 bits per heavy atom. The Morgan fingerprint density at radius 3 is 2.57 bits per heavy atom. The number of rotatable bonds is 12. The number of piperazine rings is 1. The first-order valence-corrected chi connectivity index (χ1v) is 16.9. The molecule has 0 spiro atoms. The normalized spacial score (nSPS) is 18.3. The lowest BCUT2D eigenvalue weighted by molar-refractivity contribution is -0.125. The number of nitrogens with one attached hydrogen (secondary N) is 1. The number of aliphatic imine (C=N–C) groups is 2. The molecule has 4 N–H and O–H groups in total. The summed E-state index contributed by atoms with van der Waals surface area (Å²) < 4.78 is 0. The van der Waals surface area contributed by atoms with Crippen LogP contribution in [0.1, 0.15) is 80.2 Å². The van der Waals surface area contributed by atoms with Crippen molar-refractivity contribution >= 4 is 58.6 Å². The van der Waals surface area contributed by atoms with Crippen LogP contribution in [-0.4, -0.2) is 95.7 Å². The summed E-state index contributed by atoms with van der Waals surface area (Å²) in [6, 6.07) is 7.83. The molecule has 3 atom stereocenters. The van der Waals surface area contributed by atoms with Crippen LogP contribution in [0, 0.1) is 0 Å². The van der Waals surface area contributed by atoms with E-state index in [4.69, 9.17) is 33.9 Å². The molecule has 0 saturated carbocycles. The van der Waals surface area contributed by atoms with Crippen molar-refractivity contribution in [1.29, 1.82) is 0 Å². The third kappa shape index (κ3) is 9.10. The molecule has 2 aliphatic rings. The molecule has 1 unspecified atom stereocenters. The Balaban J connectivity index is 1.42. The van der Waals surface area contributed by atoms with E-state index in [1.807, 2.05) is 25.1 Å². The maximum atomic E-state index is 13.5.